The lowest BCUT2D eigenvalue weighted by molar-refractivity contribution is -0.137. The second-order valence-electron chi connectivity index (χ2n) is 6.68. The molecule has 0 saturated heterocycles. The topological polar surface area (TPSA) is 76.4 Å². The number of nitrogens with zero attached hydrogens (tertiary/aromatic N) is 1. The van der Waals surface area contributed by atoms with Gasteiger partial charge in [-0.2, -0.15) is 0 Å². The first-order valence-corrected chi connectivity index (χ1v) is 9.66. The van der Waals surface area contributed by atoms with Gasteiger partial charge in [-0.1, -0.05) is 13.8 Å². The third-order valence-electron chi connectivity index (χ3n) is 4.65. The van der Waals surface area contributed by atoms with E-state index in [9.17, 15) is 13.2 Å². The normalized spacial score (nSPS) is 17.8. The maximum atomic E-state index is 12.0. The highest BCUT2D eigenvalue weighted by atomic mass is 32.2. The van der Waals surface area contributed by atoms with E-state index in [4.69, 9.17) is 5.11 Å². The summed E-state index contributed by atoms with van der Waals surface area (Å²) in [5.74, 6) is -0.600. The fourth-order valence-corrected chi connectivity index (χ4v) is 4.18. The minimum absolute atomic E-state index is 0.00148. The summed E-state index contributed by atoms with van der Waals surface area (Å²) in [5, 5.41) is 10.1. The highest BCUT2D eigenvalue weighted by Crippen LogP contribution is 2.39. The van der Waals surface area contributed by atoms with Crippen LogP contribution in [-0.2, 0) is 21.2 Å². The van der Waals surface area contributed by atoms with Crippen LogP contribution in [0.5, 0.6) is 0 Å². The second-order valence-corrected chi connectivity index (χ2v) is 8.69. The van der Waals surface area contributed by atoms with E-state index in [1.807, 2.05) is 13.8 Å². The van der Waals surface area contributed by atoms with Crippen LogP contribution in [0, 0.1) is 0 Å². The highest BCUT2D eigenvalue weighted by Gasteiger charge is 2.28. The number of carbonyl (C=O) groups is 1. The Bertz CT molecular complexity index is 893. The third kappa shape index (κ3) is 2.76. The van der Waals surface area contributed by atoms with Crippen LogP contribution < -0.4 is 0 Å². The maximum Gasteiger partial charge on any atom is 0.304 e. The molecular formula is C17H21NO4S. The molecule has 0 aliphatic carbocycles. The largest absolute Gasteiger partial charge is 0.481 e. The average Bonchev–Trinajstić information content (AvgIpc) is 2.96. The number of carboxylic acid groups (broad SMARTS) is 1. The third-order valence-corrected chi connectivity index (χ3v) is 5.74. The minimum atomic E-state index is -3.29. The molecule has 1 aliphatic rings. The highest BCUT2D eigenvalue weighted by molar-refractivity contribution is 7.90. The monoisotopic (exact) mass is 335 g/mol. The number of sulfone groups is 1. The van der Waals surface area contributed by atoms with Gasteiger partial charge in [0.15, 0.2) is 9.84 Å². The Morgan fingerprint density at radius 2 is 2.04 bits per heavy atom. The molecule has 0 amide bonds. The summed E-state index contributed by atoms with van der Waals surface area (Å²) in [6.45, 7) is 4.82. The van der Waals surface area contributed by atoms with Crippen LogP contribution in [0.3, 0.4) is 0 Å². The fourth-order valence-electron chi connectivity index (χ4n) is 3.51. The van der Waals surface area contributed by atoms with E-state index < -0.39 is 15.8 Å². The summed E-state index contributed by atoms with van der Waals surface area (Å²) in [6.07, 6.45) is 2.13. The standard InChI is InChI=1S/C17H21NO4S/c1-10(2)13-7-12(23(3,21)22)8-16-14(13)9-15-11(6-17(19)20)4-5-18(15)16/h7-11H,4-6H2,1-3H3,(H,19,20). The number of rotatable bonds is 4. The Balaban J connectivity index is 2.25. The SMILES string of the molecule is CC(C)c1cc(S(C)(=O)=O)cc2c1cc1n2CCC1CC(=O)O. The first-order valence-electron chi connectivity index (χ1n) is 7.77. The van der Waals surface area contributed by atoms with Crippen LogP contribution in [0.2, 0.25) is 0 Å². The molecule has 23 heavy (non-hydrogen) atoms. The zero-order valence-electron chi connectivity index (χ0n) is 13.5. The summed E-state index contributed by atoms with van der Waals surface area (Å²) in [4.78, 5) is 11.4. The zero-order valence-corrected chi connectivity index (χ0v) is 14.4. The molecule has 2 heterocycles. The van der Waals surface area contributed by atoms with Gasteiger partial charge in [0.25, 0.3) is 0 Å². The van der Waals surface area contributed by atoms with Gasteiger partial charge < -0.3 is 9.67 Å². The molecule has 124 valence electrons. The van der Waals surface area contributed by atoms with Crippen LogP contribution in [0.1, 0.15) is 49.8 Å². The zero-order chi connectivity index (χ0) is 16.9. The van der Waals surface area contributed by atoms with Crippen LogP contribution in [0.4, 0.5) is 0 Å². The lowest BCUT2D eigenvalue weighted by Crippen LogP contribution is -2.02. The van der Waals surface area contributed by atoms with E-state index in [1.165, 1.54) is 6.26 Å². The Morgan fingerprint density at radius 3 is 2.61 bits per heavy atom. The molecule has 0 saturated carbocycles. The van der Waals surface area contributed by atoms with E-state index in [0.717, 1.165) is 35.1 Å². The van der Waals surface area contributed by atoms with Crippen LogP contribution in [0.25, 0.3) is 10.9 Å². The van der Waals surface area contributed by atoms with Gasteiger partial charge in [0.2, 0.25) is 0 Å². The van der Waals surface area contributed by atoms with E-state index in [-0.39, 0.29) is 18.3 Å². The van der Waals surface area contributed by atoms with Crippen LogP contribution in [-0.4, -0.2) is 30.3 Å². The van der Waals surface area contributed by atoms with E-state index in [2.05, 4.69) is 10.6 Å². The molecule has 1 atom stereocenters. The summed E-state index contributed by atoms with van der Waals surface area (Å²) in [7, 11) is -3.29. The molecule has 3 rings (SSSR count). The molecule has 1 unspecified atom stereocenters. The molecule has 1 aromatic carbocycles. The van der Waals surface area contributed by atoms with Crippen molar-refractivity contribution in [2.45, 2.75) is 50.0 Å². The fraction of sp³-hybridized carbons (Fsp3) is 0.471. The van der Waals surface area contributed by atoms with E-state index in [1.54, 1.807) is 12.1 Å². The predicted molar refractivity (Wildman–Crippen MR) is 88.7 cm³/mol. The number of hydrogen-bond donors (Lipinski definition) is 1. The quantitative estimate of drug-likeness (QED) is 0.931. The van der Waals surface area contributed by atoms with Gasteiger partial charge in [-0.3, -0.25) is 4.79 Å². The molecule has 0 bridgehead atoms. The smallest absolute Gasteiger partial charge is 0.304 e. The molecule has 5 nitrogen and oxygen atoms in total. The number of benzene rings is 1. The number of hydrogen-bond acceptors (Lipinski definition) is 3. The van der Waals surface area contributed by atoms with Gasteiger partial charge in [0, 0.05) is 35.3 Å². The molecule has 0 radical (unpaired) electrons. The second kappa shape index (κ2) is 5.37. The molecule has 0 fully saturated rings. The van der Waals surface area contributed by atoms with Gasteiger partial charge in [-0.15, -0.1) is 0 Å². The predicted octanol–water partition coefficient (Wildman–Crippen LogP) is 3.13. The molecule has 1 aromatic heterocycles. The van der Waals surface area contributed by atoms with Crippen molar-refractivity contribution in [1.82, 2.24) is 4.57 Å². The van der Waals surface area contributed by atoms with Gasteiger partial charge in [0.05, 0.1) is 11.3 Å². The number of aliphatic carboxylic acids is 1. The van der Waals surface area contributed by atoms with Crippen molar-refractivity contribution in [3.8, 4) is 0 Å². The number of fused-ring (bicyclic) bond motifs is 3. The lowest BCUT2D eigenvalue weighted by Gasteiger charge is -2.11. The maximum absolute atomic E-state index is 12.0. The lowest BCUT2D eigenvalue weighted by atomic mass is 9.96. The first kappa shape index (κ1) is 16.1. The number of aromatic nitrogens is 1. The van der Waals surface area contributed by atoms with Gasteiger partial charge in [0.1, 0.15) is 0 Å². The Labute approximate surface area is 135 Å². The van der Waals surface area contributed by atoms with Crippen molar-refractivity contribution in [3.63, 3.8) is 0 Å². The number of aryl methyl sites for hydroxylation is 1. The molecule has 6 heteroatoms. The van der Waals surface area contributed by atoms with Crippen LogP contribution in [0.15, 0.2) is 23.1 Å². The summed E-state index contributed by atoms with van der Waals surface area (Å²) in [6, 6.07) is 5.53. The van der Waals surface area contributed by atoms with Crippen molar-refractivity contribution in [2.24, 2.45) is 0 Å². The summed E-state index contributed by atoms with van der Waals surface area (Å²) < 4.78 is 26.1. The van der Waals surface area contributed by atoms with Crippen molar-refractivity contribution < 1.29 is 18.3 Å². The molecule has 0 spiro atoms. The van der Waals surface area contributed by atoms with Crippen molar-refractivity contribution >= 4 is 26.7 Å². The molecular weight excluding hydrogens is 314 g/mol. The van der Waals surface area contributed by atoms with E-state index in [0.29, 0.717) is 4.90 Å². The van der Waals surface area contributed by atoms with Crippen molar-refractivity contribution in [3.05, 3.63) is 29.5 Å². The van der Waals surface area contributed by atoms with Gasteiger partial charge >= 0.3 is 5.97 Å². The van der Waals surface area contributed by atoms with Gasteiger partial charge in [-0.25, -0.2) is 8.42 Å². The Hall–Kier alpha value is -1.82. The summed E-state index contributed by atoms with van der Waals surface area (Å²) in [5.41, 5.74) is 2.91. The minimum Gasteiger partial charge on any atom is -0.481 e. The molecule has 2 aromatic rings. The van der Waals surface area contributed by atoms with Crippen molar-refractivity contribution in [2.75, 3.05) is 6.26 Å². The molecule has 1 N–H and O–H groups in total. The van der Waals surface area contributed by atoms with Crippen LogP contribution >= 0.6 is 0 Å². The van der Waals surface area contributed by atoms with Gasteiger partial charge in [-0.05, 0) is 36.1 Å². The first-order chi connectivity index (χ1) is 10.7. The average molecular weight is 335 g/mol. The Morgan fingerprint density at radius 1 is 1.35 bits per heavy atom. The number of carboxylic acids is 1. The summed E-state index contributed by atoms with van der Waals surface area (Å²) >= 11 is 0. The van der Waals surface area contributed by atoms with Crippen molar-refractivity contribution in [1.29, 1.82) is 0 Å². The Kier molecular flexibility index (Phi) is 3.75. The van der Waals surface area contributed by atoms with E-state index >= 15 is 0 Å². The molecule has 1 aliphatic heterocycles.